The van der Waals surface area contributed by atoms with Crippen molar-refractivity contribution < 1.29 is 4.74 Å². The minimum atomic E-state index is -0.0328. The first-order valence-electron chi connectivity index (χ1n) is 21.2. The predicted octanol–water partition coefficient (Wildman–Crippen LogP) is 12.9. The summed E-state index contributed by atoms with van der Waals surface area (Å²) < 4.78 is 9.11. The third kappa shape index (κ3) is 7.42. The Morgan fingerprint density at radius 1 is 0.516 bits per heavy atom. The second kappa shape index (κ2) is 15.7. The number of hydrogen-bond donors (Lipinski definition) is 0. The van der Waals surface area contributed by atoms with Crippen LogP contribution in [0.15, 0.2) is 176 Å². The van der Waals surface area contributed by atoms with Crippen LogP contribution in [0.5, 0.6) is 11.5 Å². The Morgan fingerprint density at radius 2 is 1.18 bits per heavy atom. The predicted molar refractivity (Wildman–Crippen MR) is 259 cm³/mol. The summed E-state index contributed by atoms with van der Waals surface area (Å²) >= 11 is 0.0307. The van der Waals surface area contributed by atoms with Crippen molar-refractivity contribution in [2.75, 3.05) is 21.4 Å². The topological polar surface area (TPSA) is 44.7 Å². The van der Waals surface area contributed by atoms with Gasteiger partial charge in [-0.3, -0.25) is 0 Å². The van der Waals surface area contributed by atoms with Gasteiger partial charge in [-0.25, -0.2) is 0 Å². The van der Waals surface area contributed by atoms with E-state index in [0.717, 1.165) is 44.6 Å². The molecule has 2 aromatic heterocycles. The van der Waals surface area contributed by atoms with Crippen LogP contribution < -0.4 is 28.5 Å². The van der Waals surface area contributed by atoms with Crippen molar-refractivity contribution in [3.05, 3.63) is 187 Å². The number of nitrogens with zero attached hydrogens (tertiary/aromatic N) is 5. The Hall–Kier alpha value is -6.66. The van der Waals surface area contributed by atoms with Gasteiger partial charge < -0.3 is 0 Å². The molecule has 2 aliphatic rings. The zero-order chi connectivity index (χ0) is 42.6. The number of fused-ring (bicyclic) bond motifs is 3. The first-order chi connectivity index (χ1) is 30.0. The van der Waals surface area contributed by atoms with Crippen LogP contribution in [0.4, 0.5) is 39.9 Å². The van der Waals surface area contributed by atoms with Crippen LogP contribution in [0.2, 0.25) is 0 Å². The Balaban J connectivity index is 1.04. The quantitative estimate of drug-likeness (QED) is 0.149. The molecule has 0 saturated carbocycles. The molecule has 62 heavy (non-hydrogen) atoms. The Morgan fingerprint density at radius 3 is 1.89 bits per heavy atom. The molecule has 0 bridgehead atoms. The molecule has 306 valence electrons. The van der Waals surface area contributed by atoms with Gasteiger partial charge >= 0.3 is 240 Å². The Bertz CT molecular complexity index is 2880. The van der Waals surface area contributed by atoms with Crippen molar-refractivity contribution in [1.82, 2.24) is 9.97 Å². The molecule has 0 atom stereocenters. The second-order valence-corrected chi connectivity index (χ2v) is 20.2. The molecule has 10 rings (SSSR count). The third-order valence-corrected chi connectivity index (χ3v) is 14.0. The van der Waals surface area contributed by atoms with Gasteiger partial charge in [0.1, 0.15) is 0 Å². The van der Waals surface area contributed by atoms with Crippen LogP contribution in [0.1, 0.15) is 52.7 Å². The van der Waals surface area contributed by atoms with Gasteiger partial charge in [0.15, 0.2) is 0 Å². The average molecular weight is 875 g/mol. The summed E-state index contributed by atoms with van der Waals surface area (Å²) in [6.07, 6.45) is 3.79. The SMILES string of the molecule is CC(C)(C)c1ccnc(N2c3ccccc3[Se]c3ncc(Oc4cccc(N5CN(c6c(-c7ccccc7)cccc6-c6ccccc6)c6ccc(C(C)(C)C)cc65)c4)cc32)c1. The molecule has 4 heterocycles. The fraction of sp³-hybridized carbons (Fsp3) is 0.164. The van der Waals surface area contributed by atoms with Gasteiger partial charge in [-0.1, -0.05) is 106 Å². The monoisotopic (exact) mass is 875 g/mol. The van der Waals surface area contributed by atoms with Crippen molar-refractivity contribution in [3.8, 4) is 33.8 Å². The molecule has 0 spiro atoms. The first-order valence-corrected chi connectivity index (χ1v) is 23.0. The van der Waals surface area contributed by atoms with Crippen molar-refractivity contribution in [2.45, 2.75) is 52.4 Å². The minimum absolute atomic E-state index is 0.0232. The van der Waals surface area contributed by atoms with Crippen molar-refractivity contribution in [2.24, 2.45) is 0 Å². The molecular weight excluding hydrogens is 826 g/mol. The standard InChI is InChI=1S/C55H49N5OSe/c1-54(2,3)39-27-28-46-48(31-39)58(36-59(46)52-44(37-17-9-7-10-18-37)23-16-24-45(52)38-19-11-8-12-20-38)41-21-15-22-42(33-41)61-43-34-49-53(57-35-43)62-50-26-14-13-25-47(50)60(49)51-32-40(29-30-56-51)55(4,5)6/h7-35H,36H2,1-6H3. The summed E-state index contributed by atoms with van der Waals surface area (Å²) in [5, 5.41) is 0. The van der Waals surface area contributed by atoms with E-state index in [1.165, 1.54) is 43.5 Å². The summed E-state index contributed by atoms with van der Waals surface area (Å²) in [7, 11) is 0. The number of anilines is 7. The zero-order valence-electron chi connectivity index (χ0n) is 36.0. The van der Waals surface area contributed by atoms with Gasteiger partial charge in [-0.15, -0.1) is 0 Å². The normalized spacial score (nSPS) is 13.4. The molecule has 6 aromatic carbocycles. The van der Waals surface area contributed by atoms with Crippen molar-refractivity contribution in [1.29, 1.82) is 0 Å². The Labute approximate surface area is 371 Å². The van der Waals surface area contributed by atoms with Gasteiger partial charge in [0.05, 0.1) is 0 Å². The van der Waals surface area contributed by atoms with E-state index in [9.17, 15) is 0 Å². The van der Waals surface area contributed by atoms with E-state index in [1.54, 1.807) is 0 Å². The Kier molecular flexibility index (Phi) is 9.97. The number of aromatic nitrogens is 2. The number of rotatable bonds is 7. The van der Waals surface area contributed by atoms with Gasteiger partial charge in [-0.2, -0.15) is 0 Å². The van der Waals surface area contributed by atoms with E-state index in [2.05, 4.69) is 214 Å². The number of pyridine rings is 2. The molecule has 2 aliphatic heterocycles. The molecule has 0 N–H and O–H groups in total. The van der Waals surface area contributed by atoms with Gasteiger partial charge in [0.25, 0.3) is 0 Å². The number of ether oxygens (including phenoxy) is 1. The van der Waals surface area contributed by atoms with E-state index in [1.807, 2.05) is 18.5 Å². The fourth-order valence-electron chi connectivity index (χ4n) is 8.46. The number of para-hydroxylation sites is 2. The van der Waals surface area contributed by atoms with E-state index in [-0.39, 0.29) is 25.8 Å². The summed E-state index contributed by atoms with van der Waals surface area (Å²) in [4.78, 5) is 17.1. The van der Waals surface area contributed by atoms with E-state index < -0.39 is 0 Å². The van der Waals surface area contributed by atoms with Gasteiger partial charge in [0, 0.05) is 11.1 Å². The number of hydrogen-bond acceptors (Lipinski definition) is 6. The molecule has 0 amide bonds. The van der Waals surface area contributed by atoms with Crippen molar-refractivity contribution in [3.63, 3.8) is 0 Å². The summed E-state index contributed by atoms with van der Waals surface area (Å²) in [6.45, 7) is 14.2. The molecule has 6 nitrogen and oxygen atoms in total. The van der Waals surface area contributed by atoms with E-state index in [0.29, 0.717) is 12.4 Å². The second-order valence-electron chi connectivity index (χ2n) is 18.0. The van der Waals surface area contributed by atoms with Crippen LogP contribution in [-0.2, 0) is 10.8 Å². The van der Waals surface area contributed by atoms with Gasteiger partial charge in [0.2, 0.25) is 0 Å². The number of benzene rings is 6. The molecule has 0 fully saturated rings. The fourth-order valence-corrected chi connectivity index (χ4v) is 10.5. The van der Waals surface area contributed by atoms with Crippen LogP contribution >= 0.6 is 0 Å². The summed E-state index contributed by atoms with van der Waals surface area (Å²) in [6, 6.07) is 58.7. The van der Waals surface area contributed by atoms with Crippen LogP contribution in [0, 0.1) is 0 Å². The molecule has 8 aromatic rings. The first kappa shape index (κ1) is 39.5. The molecule has 0 aliphatic carbocycles. The maximum atomic E-state index is 6.78. The molecule has 0 unspecified atom stereocenters. The van der Waals surface area contributed by atoms with Crippen LogP contribution in [0.25, 0.3) is 22.3 Å². The van der Waals surface area contributed by atoms with Crippen LogP contribution in [0.3, 0.4) is 0 Å². The van der Waals surface area contributed by atoms with Gasteiger partial charge in [-0.05, 0) is 16.5 Å². The van der Waals surface area contributed by atoms with E-state index >= 15 is 0 Å². The molecule has 0 radical (unpaired) electrons. The summed E-state index contributed by atoms with van der Waals surface area (Å²) in [5.74, 6) is 2.29. The van der Waals surface area contributed by atoms with E-state index in [4.69, 9.17) is 14.7 Å². The molecule has 0 saturated heterocycles. The molecule has 7 heteroatoms. The third-order valence-electron chi connectivity index (χ3n) is 11.7. The van der Waals surface area contributed by atoms with Crippen LogP contribution in [-0.4, -0.2) is 31.6 Å². The van der Waals surface area contributed by atoms with Crippen molar-refractivity contribution >= 4 is 64.0 Å². The zero-order valence-corrected chi connectivity index (χ0v) is 37.7. The average Bonchev–Trinajstić information content (AvgIpc) is 3.67. The maximum absolute atomic E-state index is 6.78. The molecular formula is C55H49N5OSe. The summed E-state index contributed by atoms with van der Waals surface area (Å²) in [5.41, 5.74) is 13.9.